The Balaban J connectivity index is 0.00000676. The molecule has 1 amide bonds. The summed E-state index contributed by atoms with van der Waals surface area (Å²) < 4.78 is 3.85. The number of hydrogen-bond acceptors (Lipinski definition) is 1. The van der Waals surface area contributed by atoms with Gasteiger partial charge in [-0.05, 0) is 6.42 Å². The first-order chi connectivity index (χ1) is 12.7. The fraction of sp³-hybridized carbons (Fsp3) is 0.818. The van der Waals surface area contributed by atoms with Gasteiger partial charge in [0.1, 0.15) is 12.4 Å². The van der Waals surface area contributed by atoms with Crippen molar-refractivity contribution in [2.45, 2.75) is 103 Å². The lowest BCUT2D eigenvalue weighted by atomic mass is 10.0. The van der Waals surface area contributed by atoms with Crippen LogP contribution in [-0.2, 0) is 18.4 Å². The van der Waals surface area contributed by atoms with Gasteiger partial charge in [0.2, 0.25) is 6.33 Å². The van der Waals surface area contributed by atoms with Crippen LogP contribution in [0.5, 0.6) is 0 Å². The maximum absolute atomic E-state index is 11.8. The molecule has 158 valence electrons. The van der Waals surface area contributed by atoms with Crippen molar-refractivity contribution in [2.24, 2.45) is 7.05 Å². The van der Waals surface area contributed by atoms with Crippen molar-refractivity contribution >= 4 is 5.91 Å². The number of unbranched alkanes of at least 4 members (excludes halogenated alkanes) is 13. The van der Waals surface area contributed by atoms with Crippen LogP contribution in [0.4, 0.5) is 0 Å². The van der Waals surface area contributed by atoms with E-state index >= 15 is 0 Å². The maximum atomic E-state index is 11.8. The number of rotatable bonds is 17. The summed E-state index contributed by atoms with van der Waals surface area (Å²) in [6.45, 7) is 3.50. The van der Waals surface area contributed by atoms with E-state index in [0.717, 1.165) is 13.0 Å². The van der Waals surface area contributed by atoms with Gasteiger partial charge in [-0.1, -0.05) is 90.4 Å². The first-order valence-corrected chi connectivity index (χ1v) is 11.0. The third-order valence-electron chi connectivity index (χ3n) is 5.00. The van der Waals surface area contributed by atoms with Crippen molar-refractivity contribution in [1.82, 2.24) is 9.88 Å². The van der Waals surface area contributed by atoms with Crippen LogP contribution in [0.25, 0.3) is 0 Å². The topological polar surface area (TPSA) is 37.9 Å². The largest absolute Gasteiger partial charge is 1.00 e. The average Bonchev–Trinajstić information content (AvgIpc) is 3.03. The lowest BCUT2D eigenvalue weighted by molar-refractivity contribution is -0.683. The molecule has 0 fully saturated rings. The SMILES string of the molecule is CCCCCCCCCCCCCCCCNC(=O)C[n+]1ccn(C)c1.[Br-]. The normalized spacial score (nSPS) is 10.6. The molecule has 0 atom stereocenters. The van der Waals surface area contributed by atoms with E-state index in [1.54, 1.807) is 0 Å². The van der Waals surface area contributed by atoms with Crippen molar-refractivity contribution in [3.63, 3.8) is 0 Å². The molecular formula is C22H42BrN3O. The highest BCUT2D eigenvalue weighted by atomic mass is 79.9. The van der Waals surface area contributed by atoms with Gasteiger partial charge in [-0.15, -0.1) is 0 Å². The standard InChI is InChI=1S/C22H41N3O.BrH/c1-3-4-5-6-7-8-9-10-11-12-13-14-15-16-17-23-22(26)20-25-19-18-24(2)21-25;/h18-19,21H,3-17,20H2,1-2H3;1H. The summed E-state index contributed by atoms with van der Waals surface area (Å²) >= 11 is 0. The zero-order chi connectivity index (χ0) is 18.9. The molecule has 0 aliphatic carbocycles. The second-order valence-corrected chi connectivity index (χ2v) is 7.70. The van der Waals surface area contributed by atoms with E-state index in [4.69, 9.17) is 0 Å². The Morgan fingerprint density at radius 2 is 1.33 bits per heavy atom. The van der Waals surface area contributed by atoms with Crippen LogP contribution in [0.1, 0.15) is 96.8 Å². The van der Waals surface area contributed by atoms with Gasteiger partial charge in [-0.3, -0.25) is 4.79 Å². The minimum atomic E-state index is 0. The molecule has 0 bridgehead atoms. The summed E-state index contributed by atoms with van der Waals surface area (Å²) in [5.41, 5.74) is 0. The molecule has 4 nitrogen and oxygen atoms in total. The fourth-order valence-electron chi connectivity index (χ4n) is 3.36. The van der Waals surface area contributed by atoms with Gasteiger partial charge in [0.05, 0.1) is 7.05 Å². The van der Waals surface area contributed by atoms with E-state index < -0.39 is 0 Å². The molecule has 0 saturated carbocycles. The summed E-state index contributed by atoms with van der Waals surface area (Å²) in [6.07, 6.45) is 24.9. The number of carbonyl (C=O) groups is 1. The molecule has 27 heavy (non-hydrogen) atoms. The molecule has 0 aliphatic heterocycles. The molecule has 0 aliphatic rings. The highest BCUT2D eigenvalue weighted by molar-refractivity contribution is 5.74. The summed E-state index contributed by atoms with van der Waals surface area (Å²) in [6, 6.07) is 0. The Morgan fingerprint density at radius 1 is 0.852 bits per heavy atom. The maximum Gasteiger partial charge on any atom is 0.262 e. The molecule has 0 aromatic carbocycles. The monoisotopic (exact) mass is 443 g/mol. The molecule has 1 aromatic rings. The number of aromatic nitrogens is 2. The Morgan fingerprint density at radius 3 is 1.78 bits per heavy atom. The molecule has 0 spiro atoms. The van der Waals surface area contributed by atoms with E-state index in [0.29, 0.717) is 6.54 Å². The summed E-state index contributed by atoms with van der Waals surface area (Å²) in [5, 5.41) is 3.01. The van der Waals surface area contributed by atoms with Gasteiger partial charge >= 0.3 is 0 Å². The molecular weight excluding hydrogens is 402 g/mol. The fourth-order valence-corrected chi connectivity index (χ4v) is 3.36. The number of nitrogens with zero attached hydrogens (tertiary/aromatic N) is 2. The summed E-state index contributed by atoms with van der Waals surface area (Å²) in [7, 11) is 1.96. The van der Waals surface area contributed by atoms with Crippen molar-refractivity contribution in [3.8, 4) is 0 Å². The van der Waals surface area contributed by atoms with Gasteiger partial charge < -0.3 is 22.3 Å². The zero-order valence-corrected chi connectivity index (χ0v) is 19.3. The Hall–Kier alpha value is -0.840. The molecule has 0 radical (unpaired) electrons. The van der Waals surface area contributed by atoms with Crippen LogP contribution in [0.15, 0.2) is 18.7 Å². The van der Waals surface area contributed by atoms with Crippen molar-refractivity contribution in [3.05, 3.63) is 18.7 Å². The summed E-state index contributed by atoms with van der Waals surface area (Å²) in [4.78, 5) is 11.8. The number of hydrogen-bond donors (Lipinski definition) is 1. The molecule has 1 rings (SSSR count). The third kappa shape index (κ3) is 15.9. The van der Waals surface area contributed by atoms with E-state index in [1.807, 2.05) is 34.9 Å². The average molecular weight is 445 g/mol. The number of aryl methyl sites for hydroxylation is 1. The van der Waals surface area contributed by atoms with E-state index in [2.05, 4.69) is 12.2 Å². The van der Waals surface area contributed by atoms with Gasteiger partial charge in [0.15, 0.2) is 6.54 Å². The predicted octanol–water partition coefficient (Wildman–Crippen LogP) is 1.91. The third-order valence-corrected chi connectivity index (χ3v) is 5.00. The molecule has 5 heteroatoms. The Labute approximate surface area is 177 Å². The van der Waals surface area contributed by atoms with Crippen LogP contribution in [0.3, 0.4) is 0 Å². The van der Waals surface area contributed by atoms with Crippen LogP contribution in [-0.4, -0.2) is 17.0 Å². The molecule has 0 unspecified atom stereocenters. The van der Waals surface area contributed by atoms with E-state index in [-0.39, 0.29) is 22.9 Å². The van der Waals surface area contributed by atoms with E-state index in [1.165, 1.54) is 83.5 Å². The second-order valence-electron chi connectivity index (χ2n) is 7.70. The number of carbonyl (C=O) groups excluding carboxylic acids is 1. The molecule has 0 saturated heterocycles. The highest BCUT2D eigenvalue weighted by Gasteiger charge is 2.06. The van der Waals surface area contributed by atoms with Crippen molar-refractivity contribution in [2.75, 3.05) is 6.54 Å². The van der Waals surface area contributed by atoms with Crippen molar-refractivity contribution < 1.29 is 26.3 Å². The highest BCUT2D eigenvalue weighted by Crippen LogP contribution is 2.12. The molecule has 1 aromatic heterocycles. The predicted molar refractivity (Wildman–Crippen MR) is 109 cm³/mol. The first-order valence-electron chi connectivity index (χ1n) is 11.0. The van der Waals surface area contributed by atoms with E-state index in [9.17, 15) is 4.79 Å². The number of amides is 1. The van der Waals surface area contributed by atoms with Gasteiger partial charge in [-0.2, -0.15) is 0 Å². The lowest BCUT2D eigenvalue weighted by Gasteiger charge is -2.04. The first kappa shape index (κ1) is 26.2. The van der Waals surface area contributed by atoms with Crippen LogP contribution in [0.2, 0.25) is 0 Å². The minimum absolute atomic E-state index is 0. The number of imidazole rings is 1. The Kier molecular flexibility index (Phi) is 17.9. The Bertz CT molecular complexity index is 462. The lowest BCUT2D eigenvalue weighted by Crippen LogP contribution is -3.00. The van der Waals surface area contributed by atoms with Gasteiger partial charge in [0, 0.05) is 6.54 Å². The second kappa shape index (κ2) is 18.5. The van der Waals surface area contributed by atoms with Crippen LogP contribution in [0, 0.1) is 0 Å². The molecule has 1 heterocycles. The van der Waals surface area contributed by atoms with Gasteiger partial charge in [-0.25, -0.2) is 9.13 Å². The number of nitrogens with one attached hydrogen (secondary N) is 1. The number of halogens is 1. The van der Waals surface area contributed by atoms with Crippen molar-refractivity contribution in [1.29, 1.82) is 0 Å². The van der Waals surface area contributed by atoms with Crippen LogP contribution < -0.4 is 26.9 Å². The minimum Gasteiger partial charge on any atom is -1.00 e. The van der Waals surface area contributed by atoms with Gasteiger partial charge in [0.25, 0.3) is 5.91 Å². The quantitative estimate of drug-likeness (QED) is 0.289. The van der Waals surface area contributed by atoms with Crippen LogP contribution >= 0.6 is 0 Å². The smallest absolute Gasteiger partial charge is 0.262 e. The summed E-state index contributed by atoms with van der Waals surface area (Å²) in [5.74, 6) is 0.107. The molecule has 1 N–H and O–H groups in total. The zero-order valence-electron chi connectivity index (χ0n) is 17.7.